The highest BCUT2D eigenvalue weighted by molar-refractivity contribution is 6.38. The lowest BCUT2D eigenvalue weighted by atomic mass is 9.94. The van der Waals surface area contributed by atoms with E-state index in [4.69, 9.17) is 19.9 Å². The molecule has 134 valence electrons. The molecule has 0 spiro atoms. The molecule has 0 fully saturated rings. The zero-order valence-corrected chi connectivity index (χ0v) is 14.3. The molecule has 26 heavy (non-hydrogen) atoms. The highest BCUT2D eigenvalue weighted by atomic mass is 16.5. The van der Waals surface area contributed by atoms with Gasteiger partial charge in [0.25, 0.3) is 0 Å². The number of fused-ring (bicyclic) bond motifs is 1. The summed E-state index contributed by atoms with van der Waals surface area (Å²) in [5.41, 5.74) is 6.38. The van der Waals surface area contributed by atoms with Gasteiger partial charge in [0.2, 0.25) is 11.6 Å². The van der Waals surface area contributed by atoms with Crippen molar-refractivity contribution >= 4 is 28.0 Å². The van der Waals surface area contributed by atoms with E-state index < -0.39 is 11.6 Å². The number of nitrogens with zero attached hydrogens (tertiary/aromatic N) is 2. The molecule has 2 N–H and O–H groups in total. The normalized spacial score (nSPS) is 14.6. The minimum absolute atomic E-state index is 0.0259. The third-order valence-electron chi connectivity index (χ3n) is 3.83. The van der Waals surface area contributed by atoms with Crippen molar-refractivity contribution in [2.75, 3.05) is 27.4 Å². The Morgan fingerprint density at radius 3 is 2.65 bits per heavy atom. The van der Waals surface area contributed by atoms with E-state index >= 15 is 0 Å². The van der Waals surface area contributed by atoms with Gasteiger partial charge in [-0.15, -0.1) is 0 Å². The van der Waals surface area contributed by atoms with E-state index in [1.54, 1.807) is 25.3 Å². The first-order valence-corrected chi connectivity index (χ1v) is 7.78. The molecule has 0 radical (unpaired) electrons. The third-order valence-corrected chi connectivity index (χ3v) is 3.83. The predicted octanol–water partition coefficient (Wildman–Crippen LogP) is 1.01. The second kappa shape index (κ2) is 7.32. The molecule has 0 amide bonds. The molecule has 1 aromatic heterocycles. The molecular weight excluding hydrogens is 338 g/mol. The second-order valence-corrected chi connectivity index (χ2v) is 5.44. The molecule has 1 aromatic carbocycles. The highest BCUT2D eigenvalue weighted by Crippen LogP contribution is 2.31. The van der Waals surface area contributed by atoms with Crippen molar-refractivity contribution in [1.29, 1.82) is 0 Å². The van der Waals surface area contributed by atoms with Gasteiger partial charge in [0.15, 0.2) is 5.76 Å². The van der Waals surface area contributed by atoms with Gasteiger partial charge in [0.05, 0.1) is 36.2 Å². The minimum Gasteiger partial charge on any atom is -0.492 e. The fourth-order valence-electron chi connectivity index (χ4n) is 2.63. The van der Waals surface area contributed by atoms with Gasteiger partial charge in [-0.25, -0.2) is 9.97 Å². The van der Waals surface area contributed by atoms with Crippen molar-refractivity contribution in [2.24, 2.45) is 5.73 Å². The average molecular weight is 355 g/mol. The molecule has 0 atom stereocenters. The van der Waals surface area contributed by atoms with E-state index in [1.807, 2.05) is 0 Å². The largest absolute Gasteiger partial charge is 0.492 e. The molecule has 8 nitrogen and oxygen atoms in total. The molecule has 1 aliphatic rings. The lowest BCUT2D eigenvalue weighted by Gasteiger charge is -2.17. The summed E-state index contributed by atoms with van der Waals surface area (Å²) in [5.74, 6) is -0.483. The van der Waals surface area contributed by atoms with Gasteiger partial charge in [-0.05, 0) is 12.1 Å². The summed E-state index contributed by atoms with van der Waals surface area (Å²) in [6.07, 6.45) is 2.36. The maximum Gasteiger partial charge on any atom is 0.223 e. The van der Waals surface area contributed by atoms with E-state index in [-0.39, 0.29) is 22.7 Å². The van der Waals surface area contributed by atoms with E-state index in [1.165, 1.54) is 13.4 Å². The molecule has 3 rings (SSSR count). The Bertz CT molecular complexity index is 949. The lowest BCUT2D eigenvalue weighted by molar-refractivity contribution is -0.116. The van der Waals surface area contributed by atoms with Crippen molar-refractivity contribution in [3.63, 3.8) is 0 Å². The summed E-state index contributed by atoms with van der Waals surface area (Å²) >= 11 is 0. The van der Waals surface area contributed by atoms with Gasteiger partial charge in [-0.2, -0.15) is 0 Å². The van der Waals surface area contributed by atoms with E-state index in [0.29, 0.717) is 29.9 Å². The first-order chi connectivity index (χ1) is 12.6. The Morgan fingerprint density at radius 1 is 1.12 bits per heavy atom. The maximum absolute atomic E-state index is 12.5. The van der Waals surface area contributed by atoms with Crippen LogP contribution in [0.2, 0.25) is 0 Å². The first kappa shape index (κ1) is 17.6. The molecule has 0 saturated heterocycles. The summed E-state index contributed by atoms with van der Waals surface area (Å²) < 4.78 is 15.7. The van der Waals surface area contributed by atoms with Gasteiger partial charge in [0.1, 0.15) is 18.7 Å². The highest BCUT2D eigenvalue weighted by Gasteiger charge is 2.31. The molecule has 2 aromatic rings. The quantitative estimate of drug-likeness (QED) is 0.603. The number of benzene rings is 1. The molecule has 0 saturated carbocycles. The Hall–Kier alpha value is -3.26. The van der Waals surface area contributed by atoms with Gasteiger partial charge < -0.3 is 19.9 Å². The van der Waals surface area contributed by atoms with Crippen LogP contribution < -0.4 is 10.5 Å². The van der Waals surface area contributed by atoms with Crippen LogP contribution in [-0.2, 0) is 19.1 Å². The third kappa shape index (κ3) is 3.14. The van der Waals surface area contributed by atoms with Crippen LogP contribution in [0.15, 0.2) is 42.1 Å². The van der Waals surface area contributed by atoms with Crippen molar-refractivity contribution in [1.82, 2.24) is 9.97 Å². The van der Waals surface area contributed by atoms with E-state index in [0.717, 1.165) is 6.08 Å². The second-order valence-electron chi connectivity index (χ2n) is 5.44. The predicted molar refractivity (Wildman–Crippen MR) is 93.1 cm³/mol. The topological polar surface area (TPSA) is 114 Å². The number of nitrogens with two attached hydrogens (primary N) is 1. The fraction of sp³-hybridized carbons (Fsp3) is 0.222. The van der Waals surface area contributed by atoms with Crippen LogP contribution >= 0.6 is 0 Å². The maximum atomic E-state index is 12.5. The number of carbonyl (C=O) groups excluding carboxylic acids is 2. The Morgan fingerprint density at radius 2 is 1.92 bits per heavy atom. The minimum atomic E-state index is -0.512. The fourth-order valence-corrected chi connectivity index (χ4v) is 2.63. The van der Waals surface area contributed by atoms with Crippen LogP contribution in [0, 0.1) is 0 Å². The number of ketones is 2. The number of rotatable bonds is 6. The van der Waals surface area contributed by atoms with Crippen LogP contribution in [0.1, 0.15) is 5.69 Å². The molecule has 1 heterocycles. The summed E-state index contributed by atoms with van der Waals surface area (Å²) in [7, 11) is 2.91. The van der Waals surface area contributed by atoms with Crippen LogP contribution in [0.3, 0.4) is 0 Å². The zero-order valence-electron chi connectivity index (χ0n) is 14.3. The Balaban J connectivity index is 2.10. The van der Waals surface area contributed by atoms with Crippen LogP contribution in [-0.4, -0.2) is 49.0 Å². The molecule has 8 heteroatoms. The van der Waals surface area contributed by atoms with Gasteiger partial charge in [-0.3, -0.25) is 9.59 Å². The summed E-state index contributed by atoms with van der Waals surface area (Å²) in [6.45, 7) is 0.854. The summed E-state index contributed by atoms with van der Waals surface area (Å²) in [5, 5.41) is 0.576. The number of ether oxygens (including phenoxy) is 3. The van der Waals surface area contributed by atoms with Crippen molar-refractivity contribution in [2.45, 2.75) is 0 Å². The number of carbonyl (C=O) groups is 2. The smallest absolute Gasteiger partial charge is 0.223 e. The van der Waals surface area contributed by atoms with Gasteiger partial charge >= 0.3 is 0 Å². The van der Waals surface area contributed by atoms with Crippen LogP contribution in [0.5, 0.6) is 5.75 Å². The summed E-state index contributed by atoms with van der Waals surface area (Å²) in [6, 6.07) is 5.17. The number of allylic oxidation sites excluding steroid dienone is 2. The van der Waals surface area contributed by atoms with Gasteiger partial charge in [-0.1, -0.05) is 0 Å². The first-order valence-electron chi connectivity index (χ1n) is 7.78. The molecule has 0 aliphatic heterocycles. The Kier molecular flexibility index (Phi) is 4.94. The number of methoxy groups -OCH3 is 2. The molecule has 0 unspecified atom stereocenters. The number of Topliss-reactive ketones (excluding diaryl/α,β-unsaturated/α-hetero) is 1. The average Bonchev–Trinajstić information content (AvgIpc) is 2.64. The van der Waals surface area contributed by atoms with Crippen molar-refractivity contribution < 1.29 is 23.8 Å². The van der Waals surface area contributed by atoms with Crippen LogP contribution in [0.4, 0.5) is 0 Å². The molecule has 1 aliphatic carbocycles. The SMILES string of the molecule is COCCOc1ccc2c(C3=C(OC)C(=O)C=C(N)C3=O)ncnc2c1. The zero-order chi connectivity index (χ0) is 18.7. The van der Waals surface area contributed by atoms with Crippen molar-refractivity contribution in [3.8, 4) is 5.75 Å². The standard InChI is InChI=1S/C18H17N3O5/c1-24-5-6-26-10-3-4-11-13(7-10)20-9-21-16(11)15-17(23)12(19)8-14(22)18(15)25-2/h3-4,7-9H,5-6,19H2,1-2H3. The van der Waals surface area contributed by atoms with E-state index in [9.17, 15) is 9.59 Å². The number of aromatic nitrogens is 2. The van der Waals surface area contributed by atoms with Crippen molar-refractivity contribution in [3.05, 3.63) is 47.8 Å². The monoisotopic (exact) mass is 355 g/mol. The number of hydrogen-bond acceptors (Lipinski definition) is 8. The van der Waals surface area contributed by atoms with E-state index in [2.05, 4.69) is 9.97 Å². The summed E-state index contributed by atoms with van der Waals surface area (Å²) in [4.78, 5) is 33.1. The van der Waals surface area contributed by atoms with Gasteiger partial charge in [0, 0.05) is 24.6 Å². The lowest BCUT2D eigenvalue weighted by Crippen LogP contribution is -2.24. The number of hydrogen-bond donors (Lipinski definition) is 1. The molecule has 0 bridgehead atoms. The molecular formula is C18H17N3O5. The Labute approximate surface area is 149 Å². The van der Waals surface area contributed by atoms with Crippen LogP contribution in [0.25, 0.3) is 16.5 Å².